The van der Waals surface area contributed by atoms with E-state index in [1.807, 2.05) is 6.92 Å². The van der Waals surface area contributed by atoms with Crippen LogP contribution in [-0.4, -0.2) is 12.1 Å². The van der Waals surface area contributed by atoms with Crippen molar-refractivity contribution in [2.45, 2.75) is 38.6 Å². The van der Waals surface area contributed by atoms with Crippen molar-refractivity contribution in [1.29, 1.82) is 0 Å². The molecule has 0 aliphatic carbocycles. The molecule has 1 rings (SSSR count). The molecule has 0 bridgehead atoms. The molecule has 1 aromatic carbocycles. The predicted octanol–water partition coefficient (Wildman–Crippen LogP) is 2.03. The Morgan fingerprint density at radius 3 is 2.13 bits per heavy atom. The molecule has 2 heteroatoms. The third-order valence-electron chi connectivity index (χ3n) is 2.72. The molecule has 0 saturated carbocycles. The lowest BCUT2D eigenvalue weighted by Gasteiger charge is -2.22. The lowest BCUT2D eigenvalue weighted by atomic mass is 9.92. The van der Waals surface area contributed by atoms with E-state index in [-0.39, 0.29) is 5.54 Å². The van der Waals surface area contributed by atoms with Gasteiger partial charge in [0.1, 0.15) is 0 Å². The van der Waals surface area contributed by atoms with Crippen molar-refractivity contribution in [3.05, 3.63) is 35.4 Å². The van der Waals surface area contributed by atoms with Gasteiger partial charge in [0.05, 0.1) is 0 Å². The van der Waals surface area contributed by atoms with Crippen molar-refractivity contribution >= 4 is 0 Å². The summed E-state index contributed by atoms with van der Waals surface area (Å²) in [6.45, 7) is 6.90. The predicted molar refractivity (Wildman–Crippen MR) is 65.9 cm³/mol. The maximum absolute atomic E-state index is 6.02. The zero-order chi connectivity index (χ0) is 11.5. The van der Waals surface area contributed by atoms with Crippen LogP contribution in [0.15, 0.2) is 24.3 Å². The molecule has 0 saturated heterocycles. The first-order valence-corrected chi connectivity index (χ1v) is 5.52. The lowest BCUT2D eigenvalue weighted by molar-refractivity contribution is 0.477. The van der Waals surface area contributed by atoms with Gasteiger partial charge in [-0.2, -0.15) is 0 Å². The van der Waals surface area contributed by atoms with Crippen molar-refractivity contribution in [2.75, 3.05) is 6.54 Å². The summed E-state index contributed by atoms with van der Waals surface area (Å²) in [4.78, 5) is 0. The van der Waals surface area contributed by atoms with Gasteiger partial charge in [-0.25, -0.2) is 0 Å². The van der Waals surface area contributed by atoms with Gasteiger partial charge in [0.15, 0.2) is 0 Å². The van der Waals surface area contributed by atoms with Gasteiger partial charge >= 0.3 is 0 Å². The van der Waals surface area contributed by atoms with Crippen molar-refractivity contribution < 1.29 is 0 Å². The molecule has 0 spiro atoms. The SMILES string of the molecule is CC(C)c1ccc(CC(C)(N)CN)cc1. The van der Waals surface area contributed by atoms with Crippen LogP contribution in [0.5, 0.6) is 0 Å². The largest absolute Gasteiger partial charge is 0.329 e. The highest BCUT2D eigenvalue weighted by Gasteiger charge is 2.16. The Balaban J connectivity index is 2.73. The molecular formula is C13H22N2. The molecule has 0 radical (unpaired) electrons. The smallest absolute Gasteiger partial charge is 0.0290 e. The minimum atomic E-state index is -0.292. The molecule has 4 N–H and O–H groups in total. The van der Waals surface area contributed by atoms with Crippen LogP contribution >= 0.6 is 0 Å². The molecule has 0 aliphatic rings. The second kappa shape index (κ2) is 4.77. The van der Waals surface area contributed by atoms with E-state index in [4.69, 9.17) is 11.5 Å². The highest BCUT2D eigenvalue weighted by Crippen LogP contribution is 2.16. The first-order chi connectivity index (χ1) is 6.94. The van der Waals surface area contributed by atoms with E-state index in [9.17, 15) is 0 Å². The van der Waals surface area contributed by atoms with Gasteiger partial charge in [-0.15, -0.1) is 0 Å². The van der Waals surface area contributed by atoms with E-state index >= 15 is 0 Å². The average molecular weight is 206 g/mol. The zero-order valence-electron chi connectivity index (χ0n) is 9.96. The summed E-state index contributed by atoms with van der Waals surface area (Å²) in [5.41, 5.74) is 14.0. The van der Waals surface area contributed by atoms with Gasteiger partial charge in [-0.1, -0.05) is 38.1 Å². The van der Waals surface area contributed by atoms with Crippen LogP contribution < -0.4 is 11.5 Å². The van der Waals surface area contributed by atoms with Crippen LogP contribution in [0.1, 0.15) is 37.8 Å². The molecule has 0 amide bonds. The van der Waals surface area contributed by atoms with Crippen molar-refractivity contribution in [3.63, 3.8) is 0 Å². The van der Waals surface area contributed by atoms with E-state index in [0.29, 0.717) is 12.5 Å². The Bertz CT molecular complexity index is 299. The Morgan fingerprint density at radius 1 is 1.20 bits per heavy atom. The first kappa shape index (κ1) is 12.2. The molecule has 1 unspecified atom stereocenters. The summed E-state index contributed by atoms with van der Waals surface area (Å²) >= 11 is 0. The molecule has 15 heavy (non-hydrogen) atoms. The number of hydrogen-bond donors (Lipinski definition) is 2. The first-order valence-electron chi connectivity index (χ1n) is 5.52. The fraction of sp³-hybridized carbons (Fsp3) is 0.538. The van der Waals surface area contributed by atoms with E-state index in [0.717, 1.165) is 6.42 Å². The fourth-order valence-electron chi connectivity index (χ4n) is 1.56. The summed E-state index contributed by atoms with van der Waals surface area (Å²) in [5.74, 6) is 0.581. The quantitative estimate of drug-likeness (QED) is 0.792. The summed E-state index contributed by atoms with van der Waals surface area (Å²) < 4.78 is 0. The maximum Gasteiger partial charge on any atom is 0.0290 e. The summed E-state index contributed by atoms with van der Waals surface area (Å²) in [7, 11) is 0. The van der Waals surface area contributed by atoms with Crippen molar-refractivity contribution in [2.24, 2.45) is 11.5 Å². The van der Waals surface area contributed by atoms with E-state index in [1.54, 1.807) is 0 Å². The van der Waals surface area contributed by atoms with E-state index < -0.39 is 0 Å². The summed E-state index contributed by atoms with van der Waals surface area (Å²) in [5, 5.41) is 0. The zero-order valence-corrected chi connectivity index (χ0v) is 9.96. The Kier molecular flexibility index (Phi) is 3.89. The van der Waals surface area contributed by atoms with Crippen LogP contribution in [0.25, 0.3) is 0 Å². The molecule has 0 fully saturated rings. The Morgan fingerprint density at radius 2 is 1.73 bits per heavy atom. The second-order valence-corrected chi connectivity index (χ2v) is 4.93. The van der Waals surface area contributed by atoms with Crippen molar-refractivity contribution in [1.82, 2.24) is 0 Å². The van der Waals surface area contributed by atoms with Gasteiger partial charge in [-0.3, -0.25) is 0 Å². The normalized spacial score (nSPS) is 15.3. The number of hydrogen-bond acceptors (Lipinski definition) is 2. The van der Waals surface area contributed by atoms with Crippen LogP contribution in [0.2, 0.25) is 0 Å². The van der Waals surface area contributed by atoms with E-state index in [2.05, 4.69) is 38.1 Å². The Hall–Kier alpha value is -0.860. The number of nitrogens with two attached hydrogens (primary N) is 2. The van der Waals surface area contributed by atoms with Crippen LogP contribution in [-0.2, 0) is 6.42 Å². The van der Waals surface area contributed by atoms with Crippen LogP contribution in [0, 0.1) is 0 Å². The minimum absolute atomic E-state index is 0.292. The average Bonchev–Trinajstić information content (AvgIpc) is 2.18. The van der Waals surface area contributed by atoms with E-state index in [1.165, 1.54) is 11.1 Å². The lowest BCUT2D eigenvalue weighted by Crippen LogP contribution is -2.45. The number of benzene rings is 1. The summed E-state index contributed by atoms with van der Waals surface area (Å²) in [6, 6.07) is 8.64. The minimum Gasteiger partial charge on any atom is -0.329 e. The van der Waals surface area contributed by atoms with Gasteiger partial charge in [-0.05, 0) is 30.4 Å². The molecule has 0 aromatic heterocycles. The Labute approximate surface area is 92.7 Å². The van der Waals surface area contributed by atoms with Gasteiger partial charge in [0.2, 0.25) is 0 Å². The third kappa shape index (κ3) is 3.65. The van der Waals surface area contributed by atoms with Crippen LogP contribution in [0.3, 0.4) is 0 Å². The second-order valence-electron chi connectivity index (χ2n) is 4.93. The van der Waals surface area contributed by atoms with Gasteiger partial charge in [0.25, 0.3) is 0 Å². The molecule has 1 aromatic rings. The summed E-state index contributed by atoms with van der Waals surface area (Å²) in [6.07, 6.45) is 0.835. The molecule has 2 nitrogen and oxygen atoms in total. The number of rotatable bonds is 4. The van der Waals surface area contributed by atoms with Gasteiger partial charge < -0.3 is 11.5 Å². The molecule has 0 aliphatic heterocycles. The monoisotopic (exact) mass is 206 g/mol. The highest BCUT2D eigenvalue weighted by molar-refractivity contribution is 5.25. The van der Waals surface area contributed by atoms with Crippen molar-refractivity contribution in [3.8, 4) is 0 Å². The highest BCUT2D eigenvalue weighted by atomic mass is 14.8. The standard InChI is InChI=1S/C13H22N2/c1-10(2)12-6-4-11(5-7-12)8-13(3,15)9-14/h4-7,10H,8-9,14-15H2,1-3H3. The van der Waals surface area contributed by atoms with Gasteiger partial charge in [0, 0.05) is 12.1 Å². The van der Waals surface area contributed by atoms with Crippen LogP contribution in [0.4, 0.5) is 0 Å². The fourth-order valence-corrected chi connectivity index (χ4v) is 1.56. The maximum atomic E-state index is 6.02. The third-order valence-corrected chi connectivity index (χ3v) is 2.72. The molecule has 1 atom stereocenters. The molecule has 0 heterocycles. The molecular weight excluding hydrogens is 184 g/mol. The molecule has 84 valence electrons. The topological polar surface area (TPSA) is 52.0 Å².